The zero-order valence-corrected chi connectivity index (χ0v) is 18.1. The summed E-state index contributed by atoms with van der Waals surface area (Å²) in [5.41, 5.74) is 0.140. The monoisotopic (exact) mass is 412 g/mol. The summed E-state index contributed by atoms with van der Waals surface area (Å²) in [5, 5.41) is 0. The lowest BCUT2D eigenvalue weighted by Crippen LogP contribution is -2.54. The van der Waals surface area contributed by atoms with Gasteiger partial charge in [0.25, 0.3) is 0 Å². The molecule has 1 saturated heterocycles. The molecule has 9 nitrogen and oxygen atoms in total. The van der Waals surface area contributed by atoms with Gasteiger partial charge in [-0.2, -0.15) is 0 Å². The number of hydrogen-bond acceptors (Lipinski definition) is 7. The third-order valence-electron chi connectivity index (χ3n) is 4.35. The zero-order valence-electron chi connectivity index (χ0n) is 18.1. The van der Waals surface area contributed by atoms with Gasteiger partial charge in [0.15, 0.2) is 0 Å². The second-order valence-corrected chi connectivity index (χ2v) is 7.31. The quantitative estimate of drug-likeness (QED) is 0.260. The molecule has 9 heteroatoms. The molecule has 0 bridgehead atoms. The molecule has 2 amide bonds. The second kappa shape index (κ2) is 11.5. The van der Waals surface area contributed by atoms with Gasteiger partial charge in [-0.1, -0.05) is 27.7 Å². The van der Waals surface area contributed by atoms with Crippen molar-refractivity contribution in [1.29, 1.82) is 0 Å². The number of allylic oxidation sites excluding steroid dienone is 1. The van der Waals surface area contributed by atoms with E-state index in [2.05, 4.69) is 0 Å². The molecule has 0 radical (unpaired) electrons. The molecule has 1 rings (SSSR count). The molecule has 1 fully saturated rings. The van der Waals surface area contributed by atoms with Gasteiger partial charge in [0, 0.05) is 20.0 Å². The highest BCUT2D eigenvalue weighted by molar-refractivity contribution is 5.92. The van der Waals surface area contributed by atoms with Gasteiger partial charge in [0.2, 0.25) is 5.76 Å². The third-order valence-corrected chi connectivity index (χ3v) is 4.35. The average molecular weight is 412 g/mol. The molecule has 1 atom stereocenters. The number of urea groups is 1. The minimum absolute atomic E-state index is 0.0632. The molecule has 0 aromatic heterocycles. The predicted octanol–water partition coefficient (Wildman–Crippen LogP) is 1.96. The lowest BCUT2D eigenvalue weighted by atomic mass is 9.99. The molecule has 164 valence electrons. The van der Waals surface area contributed by atoms with Crippen LogP contribution in [0.1, 0.15) is 41.5 Å². The van der Waals surface area contributed by atoms with Crippen molar-refractivity contribution in [3.63, 3.8) is 0 Å². The SMILES string of the molecule is CCOC(=O)C(OC(C)=O)=C(C(C)C)N(C(=O)N1CCOCC1)[C@H](C=O)C(C)C. The first-order valence-electron chi connectivity index (χ1n) is 9.86. The van der Waals surface area contributed by atoms with Crippen LogP contribution >= 0.6 is 0 Å². The van der Waals surface area contributed by atoms with E-state index in [1.165, 1.54) is 4.90 Å². The largest absolute Gasteiger partial charge is 0.460 e. The van der Waals surface area contributed by atoms with Gasteiger partial charge in [-0.15, -0.1) is 0 Å². The van der Waals surface area contributed by atoms with Gasteiger partial charge in [-0.3, -0.25) is 9.69 Å². The van der Waals surface area contributed by atoms with Crippen molar-refractivity contribution in [3.05, 3.63) is 11.5 Å². The maximum absolute atomic E-state index is 13.4. The van der Waals surface area contributed by atoms with Crippen molar-refractivity contribution in [1.82, 2.24) is 9.80 Å². The maximum atomic E-state index is 13.4. The fourth-order valence-corrected chi connectivity index (χ4v) is 3.00. The van der Waals surface area contributed by atoms with E-state index in [1.807, 2.05) is 0 Å². The Hall–Kier alpha value is -2.42. The number of rotatable bonds is 8. The topological polar surface area (TPSA) is 102 Å². The van der Waals surface area contributed by atoms with Crippen LogP contribution in [0.4, 0.5) is 4.79 Å². The van der Waals surface area contributed by atoms with Crippen molar-refractivity contribution >= 4 is 24.3 Å². The molecular formula is C20H32N2O7. The first-order valence-corrected chi connectivity index (χ1v) is 9.86. The Labute approximate surface area is 171 Å². The predicted molar refractivity (Wildman–Crippen MR) is 105 cm³/mol. The molecule has 1 aliphatic heterocycles. The fraction of sp³-hybridized carbons (Fsp3) is 0.700. The van der Waals surface area contributed by atoms with E-state index in [4.69, 9.17) is 14.2 Å². The van der Waals surface area contributed by atoms with Crippen molar-refractivity contribution < 1.29 is 33.4 Å². The van der Waals surface area contributed by atoms with Crippen LogP contribution in [0.25, 0.3) is 0 Å². The fourth-order valence-electron chi connectivity index (χ4n) is 3.00. The Morgan fingerprint density at radius 3 is 2.14 bits per heavy atom. The van der Waals surface area contributed by atoms with E-state index in [1.54, 1.807) is 39.5 Å². The van der Waals surface area contributed by atoms with E-state index >= 15 is 0 Å². The number of hydrogen-bond donors (Lipinski definition) is 0. The molecule has 0 saturated carbocycles. The number of esters is 2. The van der Waals surface area contributed by atoms with E-state index in [0.29, 0.717) is 32.6 Å². The normalized spacial score (nSPS) is 16.2. The lowest BCUT2D eigenvalue weighted by molar-refractivity contribution is -0.150. The Balaban J connectivity index is 3.65. The number of aldehydes is 1. The lowest BCUT2D eigenvalue weighted by Gasteiger charge is -2.39. The number of morpholine rings is 1. The number of carbonyl (C=O) groups excluding carboxylic acids is 4. The van der Waals surface area contributed by atoms with Crippen molar-refractivity contribution in [2.75, 3.05) is 32.9 Å². The molecule has 0 N–H and O–H groups in total. The standard InChI is InChI=1S/C20H32N2O7/c1-7-28-19(25)18(29-15(6)24)17(14(4)5)22(16(12-23)13(2)3)20(26)21-8-10-27-11-9-21/h12-14,16H,7-11H2,1-6H3/t16-/m1/s1. The van der Waals surface area contributed by atoms with E-state index < -0.39 is 29.9 Å². The summed E-state index contributed by atoms with van der Waals surface area (Å²) in [7, 11) is 0. The van der Waals surface area contributed by atoms with Gasteiger partial charge in [-0.25, -0.2) is 9.59 Å². The number of amides is 2. The summed E-state index contributed by atoms with van der Waals surface area (Å²) in [5.74, 6) is -2.62. The average Bonchev–Trinajstić information content (AvgIpc) is 2.66. The van der Waals surface area contributed by atoms with Crippen LogP contribution in [-0.4, -0.2) is 73.0 Å². The summed E-state index contributed by atoms with van der Waals surface area (Å²) >= 11 is 0. The number of ether oxygens (including phenoxy) is 3. The third kappa shape index (κ3) is 6.56. The Morgan fingerprint density at radius 2 is 1.72 bits per heavy atom. The van der Waals surface area contributed by atoms with E-state index in [9.17, 15) is 19.2 Å². The minimum Gasteiger partial charge on any atom is -0.460 e. The zero-order chi connectivity index (χ0) is 22.1. The van der Waals surface area contributed by atoms with Crippen molar-refractivity contribution in [2.45, 2.75) is 47.6 Å². The van der Waals surface area contributed by atoms with E-state index in [-0.39, 0.29) is 24.0 Å². The molecule has 0 aliphatic carbocycles. The Bertz CT molecular complexity index is 637. The summed E-state index contributed by atoms with van der Waals surface area (Å²) in [4.78, 5) is 52.5. The van der Waals surface area contributed by atoms with Gasteiger partial charge >= 0.3 is 18.0 Å². The molecule has 0 aromatic carbocycles. The van der Waals surface area contributed by atoms with Gasteiger partial charge in [0.05, 0.1) is 31.6 Å². The summed E-state index contributed by atoms with van der Waals surface area (Å²) in [6, 6.07) is -1.31. The molecule has 29 heavy (non-hydrogen) atoms. The molecule has 0 spiro atoms. The first-order chi connectivity index (χ1) is 13.6. The summed E-state index contributed by atoms with van der Waals surface area (Å²) < 4.78 is 15.6. The van der Waals surface area contributed by atoms with Crippen LogP contribution in [0.3, 0.4) is 0 Å². The molecule has 0 unspecified atom stereocenters. The number of carbonyl (C=O) groups is 4. The van der Waals surface area contributed by atoms with Gasteiger partial charge in [-0.05, 0) is 18.8 Å². The summed E-state index contributed by atoms with van der Waals surface area (Å²) in [6.07, 6.45) is 0.669. The maximum Gasteiger partial charge on any atom is 0.376 e. The van der Waals surface area contributed by atoms with Crippen LogP contribution in [0, 0.1) is 11.8 Å². The first kappa shape index (κ1) is 24.6. The highest BCUT2D eigenvalue weighted by Crippen LogP contribution is 2.28. The van der Waals surface area contributed by atoms with E-state index in [0.717, 1.165) is 6.92 Å². The highest BCUT2D eigenvalue weighted by atomic mass is 16.6. The molecule has 0 aromatic rings. The van der Waals surface area contributed by atoms with Crippen molar-refractivity contribution in [2.24, 2.45) is 11.8 Å². The van der Waals surface area contributed by atoms with Gasteiger partial charge < -0.3 is 23.9 Å². The van der Waals surface area contributed by atoms with Gasteiger partial charge in [0.1, 0.15) is 6.29 Å². The highest BCUT2D eigenvalue weighted by Gasteiger charge is 2.38. The minimum atomic E-state index is -0.861. The Kier molecular flexibility index (Phi) is 9.80. The van der Waals surface area contributed by atoms with Crippen LogP contribution in [0.5, 0.6) is 0 Å². The van der Waals surface area contributed by atoms with Crippen LogP contribution < -0.4 is 0 Å². The second-order valence-electron chi connectivity index (χ2n) is 7.31. The molecule has 1 heterocycles. The Morgan fingerprint density at radius 1 is 1.14 bits per heavy atom. The smallest absolute Gasteiger partial charge is 0.376 e. The molecular weight excluding hydrogens is 380 g/mol. The summed E-state index contributed by atoms with van der Waals surface area (Å²) in [6.45, 7) is 11.4. The van der Waals surface area contributed by atoms with Crippen molar-refractivity contribution in [3.8, 4) is 0 Å². The van der Waals surface area contributed by atoms with Crippen LogP contribution in [-0.2, 0) is 28.6 Å². The number of nitrogens with zero attached hydrogens (tertiary/aromatic N) is 2. The van der Waals surface area contributed by atoms with Crippen LogP contribution in [0.15, 0.2) is 11.5 Å². The van der Waals surface area contributed by atoms with Crippen LogP contribution in [0.2, 0.25) is 0 Å². The molecule has 1 aliphatic rings.